The third kappa shape index (κ3) is 3.42. The Hall–Kier alpha value is -2.83. The van der Waals surface area contributed by atoms with Crippen LogP contribution < -0.4 is 5.73 Å². The highest BCUT2D eigenvalue weighted by Crippen LogP contribution is 2.32. The molecule has 0 unspecified atom stereocenters. The zero-order valence-electron chi connectivity index (χ0n) is 15.9. The summed E-state index contributed by atoms with van der Waals surface area (Å²) in [6.45, 7) is 10.4. The summed E-state index contributed by atoms with van der Waals surface area (Å²) < 4.78 is 2.05. The molecule has 7 nitrogen and oxygen atoms in total. The molecule has 0 aliphatic heterocycles. The van der Waals surface area contributed by atoms with Crippen molar-refractivity contribution in [1.82, 2.24) is 29.5 Å². The van der Waals surface area contributed by atoms with E-state index in [1.54, 1.807) is 6.20 Å². The van der Waals surface area contributed by atoms with Gasteiger partial charge in [0.2, 0.25) is 0 Å². The van der Waals surface area contributed by atoms with Crippen LogP contribution in [0.1, 0.15) is 50.8 Å². The summed E-state index contributed by atoms with van der Waals surface area (Å²) in [5.74, 6) is 1.92. The fourth-order valence-corrected chi connectivity index (χ4v) is 2.98. The Morgan fingerprint density at radius 2 is 1.85 bits per heavy atom. The van der Waals surface area contributed by atoms with Crippen molar-refractivity contribution < 1.29 is 0 Å². The average Bonchev–Trinajstić information content (AvgIpc) is 3.19. The lowest BCUT2D eigenvalue weighted by molar-refractivity contribution is 0.612. The SMILES string of the molecule is CC(C)C1=CCc2c(N)ncnc21.Cc1ncc2ncn(C(C)C)c2n1. The predicted octanol–water partition coefficient (Wildman–Crippen LogP) is 3.37. The second-order valence-corrected chi connectivity index (χ2v) is 6.98. The van der Waals surface area contributed by atoms with Crippen molar-refractivity contribution in [3.63, 3.8) is 0 Å². The third-order valence-corrected chi connectivity index (χ3v) is 4.39. The van der Waals surface area contributed by atoms with Crippen molar-refractivity contribution in [3.8, 4) is 0 Å². The van der Waals surface area contributed by atoms with E-state index in [2.05, 4.69) is 58.7 Å². The maximum absolute atomic E-state index is 5.75. The Labute approximate surface area is 153 Å². The molecule has 3 heterocycles. The van der Waals surface area contributed by atoms with Crippen LogP contribution in [0.5, 0.6) is 0 Å². The van der Waals surface area contributed by atoms with Crippen LogP contribution in [0.15, 0.2) is 24.9 Å². The van der Waals surface area contributed by atoms with Crippen LogP contribution >= 0.6 is 0 Å². The standard InChI is InChI=1S/C10H13N3.C9H12N4/c1-6(2)7-3-4-8-9(7)12-5-13-10(8)11;1-6(2)13-5-11-8-4-10-7(3)12-9(8)13/h3,5-6H,4H2,1-2H3,(H2,11,12,13);4-6H,1-3H3. The number of imidazole rings is 1. The van der Waals surface area contributed by atoms with Gasteiger partial charge in [0.15, 0.2) is 5.65 Å². The molecule has 1 aliphatic rings. The number of rotatable bonds is 2. The molecule has 0 spiro atoms. The number of hydrogen-bond acceptors (Lipinski definition) is 6. The highest BCUT2D eigenvalue weighted by Gasteiger charge is 2.20. The van der Waals surface area contributed by atoms with E-state index in [0.29, 0.717) is 17.8 Å². The van der Waals surface area contributed by atoms with Crippen molar-refractivity contribution >= 4 is 22.6 Å². The van der Waals surface area contributed by atoms with Crippen LogP contribution in [-0.4, -0.2) is 29.5 Å². The molecule has 4 rings (SSSR count). The van der Waals surface area contributed by atoms with Crippen molar-refractivity contribution in [2.45, 2.75) is 47.1 Å². The lowest BCUT2D eigenvalue weighted by Crippen LogP contribution is -2.01. The molecule has 0 atom stereocenters. The largest absolute Gasteiger partial charge is 0.383 e. The minimum Gasteiger partial charge on any atom is -0.383 e. The Morgan fingerprint density at radius 1 is 1.08 bits per heavy atom. The Bertz CT molecular complexity index is 954. The van der Waals surface area contributed by atoms with Gasteiger partial charge in [-0.05, 0) is 38.7 Å². The second-order valence-electron chi connectivity index (χ2n) is 6.98. The highest BCUT2D eigenvalue weighted by molar-refractivity contribution is 5.74. The molecule has 7 heteroatoms. The van der Waals surface area contributed by atoms with E-state index in [1.807, 2.05) is 17.8 Å². The number of hydrogen-bond donors (Lipinski definition) is 1. The van der Waals surface area contributed by atoms with Gasteiger partial charge in [0.05, 0.1) is 18.2 Å². The number of aromatic nitrogens is 6. The van der Waals surface area contributed by atoms with Gasteiger partial charge in [-0.25, -0.2) is 24.9 Å². The van der Waals surface area contributed by atoms with E-state index in [-0.39, 0.29) is 0 Å². The van der Waals surface area contributed by atoms with E-state index in [1.165, 1.54) is 11.9 Å². The minimum atomic E-state index is 0.388. The van der Waals surface area contributed by atoms with Crippen LogP contribution in [0.3, 0.4) is 0 Å². The molecular weight excluding hydrogens is 326 g/mol. The number of nitrogens with zero attached hydrogens (tertiary/aromatic N) is 6. The zero-order valence-corrected chi connectivity index (χ0v) is 15.9. The van der Waals surface area contributed by atoms with Gasteiger partial charge in [-0.15, -0.1) is 0 Å². The summed E-state index contributed by atoms with van der Waals surface area (Å²) in [5, 5.41) is 0. The molecule has 0 fully saturated rings. The highest BCUT2D eigenvalue weighted by atomic mass is 15.1. The molecule has 26 heavy (non-hydrogen) atoms. The molecule has 0 bridgehead atoms. The van der Waals surface area contributed by atoms with E-state index in [9.17, 15) is 0 Å². The van der Waals surface area contributed by atoms with Crippen molar-refractivity contribution in [2.75, 3.05) is 5.73 Å². The van der Waals surface area contributed by atoms with Crippen LogP contribution in [0.25, 0.3) is 16.7 Å². The Balaban J connectivity index is 0.000000151. The van der Waals surface area contributed by atoms with Gasteiger partial charge in [-0.3, -0.25) is 0 Å². The first-order chi connectivity index (χ1) is 12.4. The summed E-state index contributed by atoms with van der Waals surface area (Å²) in [4.78, 5) is 20.9. The third-order valence-electron chi connectivity index (χ3n) is 4.39. The Kier molecular flexibility index (Phi) is 4.97. The van der Waals surface area contributed by atoms with Crippen molar-refractivity contribution in [3.05, 3.63) is 42.0 Å². The molecule has 136 valence electrons. The number of fused-ring (bicyclic) bond motifs is 2. The summed E-state index contributed by atoms with van der Waals surface area (Å²) in [6, 6.07) is 0.388. The minimum absolute atomic E-state index is 0.388. The normalized spacial score (nSPS) is 13.0. The van der Waals surface area contributed by atoms with Gasteiger partial charge in [0.1, 0.15) is 23.5 Å². The zero-order chi connectivity index (χ0) is 18.8. The Morgan fingerprint density at radius 3 is 2.54 bits per heavy atom. The van der Waals surface area contributed by atoms with Gasteiger partial charge in [-0.2, -0.15) is 0 Å². The fraction of sp³-hybridized carbons (Fsp3) is 0.421. The summed E-state index contributed by atoms with van der Waals surface area (Å²) in [5.41, 5.74) is 11.0. The molecule has 0 radical (unpaired) electrons. The molecular formula is C19H25N7. The van der Waals surface area contributed by atoms with E-state index < -0.39 is 0 Å². The van der Waals surface area contributed by atoms with Crippen LogP contribution in [-0.2, 0) is 6.42 Å². The van der Waals surface area contributed by atoms with Gasteiger partial charge >= 0.3 is 0 Å². The molecule has 0 aromatic carbocycles. The average molecular weight is 351 g/mol. The van der Waals surface area contributed by atoms with Gasteiger partial charge in [0.25, 0.3) is 0 Å². The molecule has 2 N–H and O–H groups in total. The molecule has 3 aromatic rings. The lowest BCUT2D eigenvalue weighted by Gasteiger charge is -2.08. The summed E-state index contributed by atoms with van der Waals surface area (Å²) in [6.07, 6.45) is 8.19. The fourth-order valence-electron chi connectivity index (χ4n) is 2.98. The van der Waals surface area contributed by atoms with Gasteiger partial charge in [0, 0.05) is 11.6 Å². The van der Waals surface area contributed by atoms with Crippen molar-refractivity contribution in [2.24, 2.45) is 5.92 Å². The number of nitrogen functional groups attached to an aromatic ring is 1. The number of anilines is 1. The molecule has 3 aromatic heterocycles. The van der Waals surface area contributed by atoms with E-state index in [0.717, 1.165) is 34.7 Å². The van der Waals surface area contributed by atoms with Crippen LogP contribution in [0.2, 0.25) is 0 Å². The monoisotopic (exact) mass is 351 g/mol. The topological polar surface area (TPSA) is 95.4 Å². The molecule has 0 saturated carbocycles. The number of nitrogens with two attached hydrogens (primary N) is 1. The van der Waals surface area contributed by atoms with E-state index in [4.69, 9.17) is 5.73 Å². The molecule has 0 saturated heterocycles. The number of allylic oxidation sites excluding steroid dienone is 2. The summed E-state index contributed by atoms with van der Waals surface area (Å²) in [7, 11) is 0. The lowest BCUT2D eigenvalue weighted by atomic mass is 10.0. The van der Waals surface area contributed by atoms with Gasteiger partial charge in [-0.1, -0.05) is 19.9 Å². The van der Waals surface area contributed by atoms with Crippen LogP contribution in [0, 0.1) is 12.8 Å². The van der Waals surface area contributed by atoms with Gasteiger partial charge < -0.3 is 10.3 Å². The first-order valence-electron chi connectivity index (χ1n) is 8.84. The first kappa shape index (κ1) is 18.0. The number of aryl methyl sites for hydroxylation is 1. The maximum atomic E-state index is 5.75. The first-order valence-corrected chi connectivity index (χ1v) is 8.84. The smallest absolute Gasteiger partial charge is 0.163 e. The quantitative estimate of drug-likeness (QED) is 0.760. The van der Waals surface area contributed by atoms with E-state index >= 15 is 0 Å². The second kappa shape index (κ2) is 7.19. The predicted molar refractivity (Wildman–Crippen MR) is 103 cm³/mol. The van der Waals surface area contributed by atoms with Crippen LogP contribution in [0.4, 0.5) is 5.82 Å². The molecule has 0 amide bonds. The van der Waals surface area contributed by atoms with Crippen molar-refractivity contribution in [1.29, 1.82) is 0 Å². The summed E-state index contributed by atoms with van der Waals surface area (Å²) >= 11 is 0. The maximum Gasteiger partial charge on any atom is 0.163 e. The molecule has 1 aliphatic carbocycles.